The molecule has 1 aliphatic rings. The summed E-state index contributed by atoms with van der Waals surface area (Å²) in [5, 5.41) is 55.9. The standard InChI is InChI=1S/C44H83N3O10/c1-3-5-7-9-11-13-14-15-16-17-18-19-21-23-25-27-32-47(38(51)30-26-24-22-20-12-10-8-6-4-2)44-40(42(55)41(54)36(34-49)57-44)46-43(56)35(33-48)45-37(50)29-28-31-39(52)53/h35-36,40-42,44,48-49,54-55H,3-34H2,1-2H3,(H,45,50)(H,46,56)(H,52,53)/t35-,36+,40-,41+,42+,44+/m0/s1. The number of carbonyl (C=O) groups is 4. The van der Waals surface area contributed by atoms with Gasteiger partial charge in [-0.05, 0) is 19.3 Å². The average Bonchev–Trinajstić information content (AvgIpc) is 3.19. The smallest absolute Gasteiger partial charge is 0.303 e. The van der Waals surface area contributed by atoms with E-state index in [1.807, 2.05) is 0 Å². The number of aliphatic carboxylic acids is 1. The van der Waals surface area contributed by atoms with E-state index in [0.717, 1.165) is 38.5 Å². The Kier molecular flexibility index (Phi) is 31.9. The minimum absolute atomic E-state index is 0.0440. The summed E-state index contributed by atoms with van der Waals surface area (Å²) in [7, 11) is 0. The topological polar surface area (TPSA) is 206 Å². The minimum atomic E-state index is -1.63. The minimum Gasteiger partial charge on any atom is -0.481 e. The van der Waals surface area contributed by atoms with Crippen LogP contribution in [-0.4, -0.2) is 111 Å². The van der Waals surface area contributed by atoms with Gasteiger partial charge in [0.25, 0.3) is 0 Å². The van der Waals surface area contributed by atoms with Crippen LogP contribution in [0.15, 0.2) is 0 Å². The summed E-state index contributed by atoms with van der Waals surface area (Å²) in [4.78, 5) is 52.1. The molecule has 0 aromatic carbocycles. The van der Waals surface area contributed by atoms with Gasteiger partial charge in [0, 0.05) is 25.8 Å². The van der Waals surface area contributed by atoms with E-state index >= 15 is 0 Å². The highest BCUT2D eigenvalue weighted by Gasteiger charge is 2.48. The summed E-state index contributed by atoms with van der Waals surface area (Å²) in [5.74, 6) is -2.78. The van der Waals surface area contributed by atoms with Gasteiger partial charge in [-0.25, -0.2) is 0 Å². The Balaban J connectivity index is 2.86. The molecule has 1 saturated heterocycles. The molecule has 1 heterocycles. The quantitative estimate of drug-likeness (QED) is 0.0333. The molecule has 7 N–H and O–H groups in total. The van der Waals surface area contributed by atoms with Gasteiger partial charge in [-0.1, -0.05) is 162 Å². The molecular weight excluding hydrogens is 730 g/mol. The maximum Gasteiger partial charge on any atom is 0.303 e. The molecule has 1 aliphatic heterocycles. The predicted octanol–water partition coefficient (Wildman–Crippen LogP) is 6.65. The zero-order chi connectivity index (χ0) is 42.1. The number of nitrogens with zero attached hydrogens (tertiary/aromatic N) is 1. The molecule has 0 radical (unpaired) electrons. The number of unbranched alkanes of at least 4 members (excludes halogenated alkanes) is 23. The molecular formula is C44H83N3O10. The van der Waals surface area contributed by atoms with Crippen LogP contribution in [0, 0.1) is 0 Å². The molecule has 0 spiro atoms. The largest absolute Gasteiger partial charge is 0.481 e. The normalized spacial score (nSPS) is 19.9. The third kappa shape index (κ3) is 24.4. The van der Waals surface area contributed by atoms with Gasteiger partial charge >= 0.3 is 5.97 Å². The second-order valence-corrected chi connectivity index (χ2v) is 16.3. The van der Waals surface area contributed by atoms with Crippen molar-refractivity contribution in [2.24, 2.45) is 0 Å². The Morgan fingerprint density at radius 3 is 1.49 bits per heavy atom. The van der Waals surface area contributed by atoms with Crippen molar-refractivity contribution in [3.8, 4) is 0 Å². The monoisotopic (exact) mass is 814 g/mol. The molecule has 1 rings (SSSR count). The summed E-state index contributed by atoms with van der Waals surface area (Å²) < 4.78 is 6.08. The Morgan fingerprint density at radius 1 is 0.596 bits per heavy atom. The highest BCUT2D eigenvalue weighted by molar-refractivity contribution is 5.88. The van der Waals surface area contributed by atoms with Crippen LogP contribution < -0.4 is 10.6 Å². The summed E-state index contributed by atoms with van der Waals surface area (Å²) in [6.45, 7) is 3.33. The van der Waals surface area contributed by atoms with Crippen LogP contribution in [0.2, 0.25) is 0 Å². The fraction of sp³-hybridized carbons (Fsp3) is 0.909. The SMILES string of the molecule is CCCCCCCCCCCCCCCCCCN(C(=O)CCCCCCCCCCC)[C@@H]1O[C@H](CO)[C@@H](O)[C@H](O)[C@@H]1NC(=O)[C@H](CO)NC(=O)CCCC(=O)O. The van der Waals surface area contributed by atoms with Crippen LogP contribution in [0.4, 0.5) is 0 Å². The summed E-state index contributed by atoms with van der Waals surface area (Å²) in [5.41, 5.74) is 0. The summed E-state index contributed by atoms with van der Waals surface area (Å²) in [6, 6.07) is -2.77. The highest BCUT2D eigenvalue weighted by atomic mass is 16.5. The van der Waals surface area contributed by atoms with Gasteiger partial charge in [-0.3, -0.25) is 19.2 Å². The van der Waals surface area contributed by atoms with E-state index < -0.39 is 67.6 Å². The Bertz CT molecular complexity index is 1050. The number of hydrogen-bond acceptors (Lipinski definition) is 9. The first kappa shape index (κ1) is 52.7. The Hall–Kier alpha value is -2.32. The van der Waals surface area contributed by atoms with Crippen molar-refractivity contribution in [2.45, 2.75) is 237 Å². The molecule has 334 valence electrons. The number of carboxylic acids is 1. The highest BCUT2D eigenvalue weighted by Crippen LogP contribution is 2.26. The zero-order valence-corrected chi connectivity index (χ0v) is 35.8. The third-order valence-corrected chi connectivity index (χ3v) is 11.2. The third-order valence-electron chi connectivity index (χ3n) is 11.2. The molecule has 0 aromatic heterocycles. The molecule has 0 unspecified atom stereocenters. The fourth-order valence-electron chi connectivity index (χ4n) is 7.60. The van der Waals surface area contributed by atoms with Gasteiger partial charge in [-0.15, -0.1) is 0 Å². The summed E-state index contributed by atoms with van der Waals surface area (Å²) in [6.07, 6.45) is 23.3. The van der Waals surface area contributed by atoms with E-state index in [-0.39, 0.29) is 38.1 Å². The lowest BCUT2D eigenvalue weighted by Gasteiger charge is -2.47. The van der Waals surface area contributed by atoms with Crippen molar-refractivity contribution < 1.29 is 49.4 Å². The number of carbonyl (C=O) groups excluding carboxylic acids is 3. The molecule has 13 nitrogen and oxygen atoms in total. The van der Waals surface area contributed by atoms with Crippen LogP contribution >= 0.6 is 0 Å². The van der Waals surface area contributed by atoms with E-state index in [1.54, 1.807) is 0 Å². The van der Waals surface area contributed by atoms with Crippen molar-refractivity contribution in [1.82, 2.24) is 15.5 Å². The molecule has 0 saturated carbocycles. The number of aliphatic hydroxyl groups is 4. The van der Waals surface area contributed by atoms with Crippen LogP contribution in [0.3, 0.4) is 0 Å². The molecule has 57 heavy (non-hydrogen) atoms. The van der Waals surface area contributed by atoms with Crippen molar-refractivity contribution in [1.29, 1.82) is 0 Å². The molecule has 6 atom stereocenters. The molecule has 3 amide bonds. The predicted molar refractivity (Wildman–Crippen MR) is 223 cm³/mol. The average molecular weight is 814 g/mol. The number of amides is 3. The fourth-order valence-corrected chi connectivity index (χ4v) is 7.60. The summed E-state index contributed by atoms with van der Waals surface area (Å²) >= 11 is 0. The van der Waals surface area contributed by atoms with Crippen LogP contribution in [-0.2, 0) is 23.9 Å². The van der Waals surface area contributed by atoms with E-state index in [2.05, 4.69) is 24.5 Å². The maximum absolute atomic E-state index is 13.9. The van der Waals surface area contributed by atoms with Gasteiger partial charge in [0.05, 0.1) is 13.2 Å². The van der Waals surface area contributed by atoms with E-state index in [1.165, 1.54) is 114 Å². The number of ether oxygens (including phenoxy) is 1. The molecule has 1 fully saturated rings. The molecule has 13 heteroatoms. The molecule has 0 aliphatic carbocycles. The van der Waals surface area contributed by atoms with Crippen LogP contribution in [0.25, 0.3) is 0 Å². The zero-order valence-electron chi connectivity index (χ0n) is 35.8. The Morgan fingerprint density at radius 2 is 1.05 bits per heavy atom. The number of hydrogen-bond donors (Lipinski definition) is 7. The van der Waals surface area contributed by atoms with Gasteiger partial charge in [-0.2, -0.15) is 0 Å². The van der Waals surface area contributed by atoms with E-state index in [9.17, 15) is 39.6 Å². The number of nitrogens with one attached hydrogen (secondary N) is 2. The van der Waals surface area contributed by atoms with Crippen molar-refractivity contribution in [3.63, 3.8) is 0 Å². The number of aliphatic hydroxyl groups excluding tert-OH is 4. The first-order chi connectivity index (χ1) is 27.6. The van der Waals surface area contributed by atoms with Gasteiger partial charge in [0.1, 0.15) is 30.4 Å². The van der Waals surface area contributed by atoms with Crippen molar-refractivity contribution >= 4 is 23.7 Å². The second kappa shape index (κ2) is 34.5. The first-order valence-electron chi connectivity index (χ1n) is 22.9. The first-order valence-corrected chi connectivity index (χ1v) is 22.9. The molecule has 0 aromatic rings. The number of carboxylic acid groups (broad SMARTS) is 1. The van der Waals surface area contributed by atoms with E-state index in [0.29, 0.717) is 12.8 Å². The van der Waals surface area contributed by atoms with Crippen LogP contribution in [0.1, 0.15) is 200 Å². The Labute approximate surface area is 344 Å². The second-order valence-electron chi connectivity index (χ2n) is 16.3. The molecule has 0 bridgehead atoms. The lowest BCUT2D eigenvalue weighted by atomic mass is 9.94. The maximum atomic E-state index is 13.9. The van der Waals surface area contributed by atoms with E-state index in [4.69, 9.17) is 9.84 Å². The number of rotatable bonds is 37. The van der Waals surface area contributed by atoms with Gasteiger partial charge in [0.2, 0.25) is 17.7 Å². The van der Waals surface area contributed by atoms with Gasteiger partial charge < -0.3 is 45.8 Å². The lowest BCUT2D eigenvalue weighted by molar-refractivity contribution is -0.231. The van der Waals surface area contributed by atoms with Crippen molar-refractivity contribution in [3.05, 3.63) is 0 Å². The van der Waals surface area contributed by atoms with Crippen LogP contribution in [0.5, 0.6) is 0 Å². The van der Waals surface area contributed by atoms with Crippen molar-refractivity contribution in [2.75, 3.05) is 19.8 Å². The lowest BCUT2D eigenvalue weighted by Crippen LogP contribution is -2.70. The van der Waals surface area contributed by atoms with Gasteiger partial charge in [0.15, 0.2) is 6.23 Å².